The van der Waals surface area contributed by atoms with Crippen molar-refractivity contribution in [3.63, 3.8) is 0 Å². The molecule has 0 aliphatic rings. The van der Waals surface area contributed by atoms with Gasteiger partial charge in [0.05, 0.1) is 4.90 Å². The molecule has 0 amide bonds. The van der Waals surface area contributed by atoms with Crippen LogP contribution in [0.1, 0.15) is 16.7 Å². The lowest BCUT2D eigenvalue weighted by Crippen LogP contribution is -2.43. The van der Waals surface area contributed by atoms with Gasteiger partial charge in [0.25, 0.3) is 0 Å². The average molecular weight is 614 g/mol. The van der Waals surface area contributed by atoms with E-state index in [1.807, 2.05) is 0 Å². The van der Waals surface area contributed by atoms with Gasteiger partial charge in [0.2, 0.25) is 10.0 Å². The molecule has 5 nitrogen and oxygen atoms in total. The minimum atomic E-state index is -5.06. The number of hydrogen-bond acceptors (Lipinski definition) is 4. The van der Waals surface area contributed by atoms with Crippen molar-refractivity contribution in [2.24, 2.45) is 0 Å². The Morgan fingerprint density at radius 1 is 0.643 bits per heavy atom. The molecule has 0 aromatic heterocycles. The van der Waals surface area contributed by atoms with Crippen LogP contribution in [0.5, 0.6) is 11.5 Å². The van der Waals surface area contributed by atoms with Crippen LogP contribution in [0.4, 0.5) is 30.7 Å². The predicted octanol–water partition coefficient (Wildman–Crippen LogP) is 7.13. The molecular formula is C29H22F7NO4S. The van der Waals surface area contributed by atoms with E-state index >= 15 is 0 Å². The van der Waals surface area contributed by atoms with Crippen LogP contribution in [0.25, 0.3) is 0 Å². The standard InChI is InChI=1S/C29H22F7NO4S/c30-23-11-6-14-26(17-23)42(38,39)37-19-27(18-20-7-2-1-3-8-20,21-9-4-12-24(15-21)40-28(31,32)33)22-10-5-13-25(16-22)41-29(34,35)36/h1-17,37H,18-19H2. The summed E-state index contributed by atoms with van der Waals surface area (Å²) in [6.45, 7) is -0.564. The molecule has 4 aromatic rings. The quantitative estimate of drug-likeness (QED) is 0.193. The number of halogens is 7. The number of rotatable bonds is 10. The van der Waals surface area contributed by atoms with E-state index in [1.54, 1.807) is 30.3 Å². The second-order valence-corrected chi connectivity index (χ2v) is 10.9. The summed E-state index contributed by atoms with van der Waals surface area (Å²) in [6, 6.07) is 21.9. The monoisotopic (exact) mass is 613 g/mol. The highest BCUT2D eigenvalue weighted by Crippen LogP contribution is 2.40. The number of hydrogen-bond donors (Lipinski definition) is 1. The smallest absolute Gasteiger partial charge is 0.406 e. The zero-order valence-electron chi connectivity index (χ0n) is 21.4. The summed E-state index contributed by atoms with van der Waals surface area (Å²) in [6.07, 6.45) is -10.2. The third-order valence-electron chi connectivity index (χ3n) is 6.26. The summed E-state index contributed by atoms with van der Waals surface area (Å²) in [5.41, 5.74) is -0.886. The number of alkyl halides is 6. The molecule has 42 heavy (non-hydrogen) atoms. The Morgan fingerprint density at radius 3 is 1.67 bits per heavy atom. The highest BCUT2D eigenvalue weighted by atomic mass is 32.2. The molecule has 0 heterocycles. The maximum Gasteiger partial charge on any atom is 0.573 e. The Balaban J connectivity index is 1.92. The molecule has 222 valence electrons. The number of sulfonamides is 1. The van der Waals surface area contributed by atoms with E-state index < -0.39 is 56.9 Å². The van der Waals surface area contributed by atoms with E-state index in [0.29, 0.717) is 5.56 Å². The molecule has 0 saturated carbocycles. The Labute approximate surface area is 236 Å². The van der Waals surface area contributed by atoms with Crippen molar-refractivity contribution in [1.29, 1.82) is 0 Å². The summed E-state index contributed by atoms with van der Waals surface area (Å²) in [5.74, 6) is -2.09. The molecule has 0 atom stereocenters. The van der Waals surface area contributed by atoms with E-state index in [1.165, 1.54) is 30.3 Å². The molecule has 13 heteroatoms. The van der Waals surface area contributed by atoms with Crippen molar-refractivity contribution in [3.05, 3.63) is 126 Å². The molecule has 0 aliphatic carbocycles. The maximum atomic E-state index is 13.8. The largest absolute Gasteiger partial charge is 0.573 e. The summed E-state index contributed by atoms with van der Waals surface area (Å²) in [5, 5.41) is 0. The first-order valence-corrected chi connectivity index (χ1v) is 13.7. The second-order valence-electron chi connectivity index (χ2n) is 9.18. The first-order valence-electron chi connectivity index (χ1n) is 12.2. The summed E-state index contributed by atoms with van der Waals surface area (Å²) in [7, 11) is -4.41. The molecule has 0 spiro atoms. The molecule has 4 rings (SSSR count). The third kappa shape index (κ3) is 8.01. The van der Waals surface area contributed by atoms with Crippen molar-refractivity contribution >= 4 is 10.0 Å². The van der Waals surface area contributed by atoms with Gasteiger partial charge < -0.3 is 9.47 Å². The van der Waals surface area contributed by atoms with E-state index in [0.717, 1.165) is 42.5 Å². The van der Waals surface area contributed by atoms with Crippen LogP contribution in [0.3, 0.4) is 0 Å². The van der Waals surface area contributed by atoms with Gasteiger partial charge in [0, 0.05) is 12.0 Å². The third-order valence-corrected chi connectivity index (χ3v) is 7.66. The zero-order chi connectivity index (χ0) is 30.6. The van der Waals surface area contributed by atoms with Crippen molar-refractivity contribution in [2.75, 3.05) is 6.54 Å². The van der Waals surface area contributed by atoms with Crippen LogP contribution in [-0.4, -0.2) is 27.7 Å². The molecule has 0 saturated heterocycles. The van der Waals surface area contributed by atoms with Gasteiger partial charge in [-0.3, -0.25) is 0 Å². The van der Waals surface area contributed by atoms with Gasteiger partial charge in [-0.1, -0.05) is 60.7 Å². The minimum Gasteiger partial charge on any atom is -0.406 e. The second kappa shape index (κ2) is 12.0. The van der Waals surface area contributed by atoms with Gasteiger partial charge in [-0.05, 0) is 65.6 Å². The first-order chi connectivity index (χ1) is 19.7. The summed E-state index contributed by atoms with van der Waals surface area (Å²) >= 11 is 0. The lowest BCUT2D eigenvalue weighted by atomic mass is 9.70. The molecule has 4 aromatic carbocycles. The van der Waals surface area contributed by atoms with E-state index in [9.17, 15) is 39.2 Å². The van der Waals surface area contributed by atoms with Crippen molar-refractivity contribution < 1.29 is 48.6 Å². The fraction of sp³-hybridized carbons (Fsp3) is 0.172. The van der Waals surface area contributed by atoms with Crippen LogP contribution in [0.2, 0.25) is 0 Å². The topological polar surface area (TPSA) is 64.6 Å². The van der Waals surface area contributed by atoms with Gasteiger partial charge in [-0.2, -0.15) is 0 Å². The molecule has 1 N–H and O–H groups in total. The molecule has 0 bridgehead atoms. The Kier molecular flexibility index (Phi) is 8.83. The molecular weight excluding hydrogens is 591 g/mol. The number of nitrogens with one attached hydrogen (secondary N) is 1. The van der Waals surface area contributed by atoms with E-state index in [4.69, 9.17) is 0 Å². The van der Waals surface area contributed by atoms with Gasteiger partial charge in [-0.25, -0.2) is 17.5 Å². The van der Waals surface area contributed by atoms with Gasteiger partial charge >= 0.3 is 12.7 Å². The lowest BCUT2D eigenvalue weighted by molar-refractivity contribution is -0.275. The number of ether oxygens (including phenoxy) is 2. The van der Waals surface area contributed by atoms with Crippen molar-refractivity contribution in [1.82, 2.24) is 4.72 Å². The van der Waals surface area contributed by atoms with Crippen molar-refractivity contribution in [2.45, 2.75) is 29.5 Å². The predicted molar refractivity (Wildman–Crippen MR) is 139 cm³/mol. The Hall–Kier alpha value is -4.10. The Bertz CT molecular complexity index is 1570. The van der Waals surface area contributed by atoms with Crippen LogP contribution in [0.15, 0.2) is 108 Å². The van der Waals surface area contributed by atoms with Crippen molar-refractivity contribution in [3.8, 4) is 11.5 Å². The molecule has 0 radical (unpaired) electrons. The Morgan fingerprint density at radius 2 is 1.17 bits per heavy atom. The fourth-order valence-corrected chi connectivity index (χ4v) is 5.63. The fourth-order valence-electron chi connectivity index (χ4n) is 4.50. The lowest BCUT2D eigenvalue weighted by Gasteiger charge is -2.36. The summed E-state index contributed by atoms with van der Waals surface area (Å²) in [4.78, 5) is -0.431. The number of benzene rings is 4. The normalized spacial score (nSPS) is 12.6. The highest BCUT2D eigenvalue weighted by molar-refractivity contribution is 7.89. The molecule has 0 unspecified atom stereocenters. The van der Waals surface area contributed by atoms with Gasteiger partial charge in [-0.15, -0.1) is 26.3 Å². The van der Waals surface area contributed by atoms with Gasteiger partial charge in [0.1, 0.15) is 17.3 Å². The van der Waals surface area contributed by atoms with Crippen LogP contribution < -0.4 is 14.2 Å². The van der Waals surface area contributed by atoms with E-state index in [-0.39, 0.29) is 17.5 Å². The minimum absolute atomic E-state index is 0.0826. The van der Waals surface area contributed by atoms with Crippen LogP contribution >= 0.6 is 0 Å². The van der Waals surface area contributed by atoms with E-state index in [2.05, 4.69) is 14.2 Å². The van der Waals surface area contributed by atoms with Crippen LogP contribution in [0, 0.1) is 5.82 Å². The maximum absolute atomic E-state index is 13.8. The average Bonchev–Trinajstić information content (AvgIpc) is 2.90. The molecule has 0 aliphatic heterocycles. The van der Waals surface area contributed by atoms with Gasteiger partial charge in [0.15, 0.2) is 0 Å². The molecule has 0 fully saturated rings. The SMILES string of the molecule is O=S(=O)(NCC(Cc1ccccc1)(c1cccc(OC(F)(F)F)c1)c1cccc(OC(F)(F)F)c1)c1cccc(F)c1. The van der Waals surface area contributed by atoms with Crippen LogP contribution in [-0.2, 0) is 21.9 Å². The summed E-state index contributed by atoms with van der Waals surface area (Å²) < 4.78 is 129. The first kappa shape index (κ1) is 30.8. The highest BCUT2D eigenvalue weighted by Gasteiger charge is 2.39. The zero-order valence-corrected chi connectivity index (χ0v) is 22.2.